The van der Waals surface area contributed by atoms with E-state index in [0.717, 1.165) is 16.9 Å². The van der Waals surface area contributed by atoms with Crippen molar-refractivity contribution in [3.8, 4) is 6.07 Å². The molecule has 5 heteroatoms. The number of carbonyl (C=O) groups excluding carboxylic acids is 1. The van der Waals surface area contributed by atoms with E-state index >= 15 is 0 Å². The second-order valence-electron chi connectivity index (χ2n) is 5.55. The van der Waals surface area contributed by atoms with E-state index in [2.05, 4.69) is 21.7 Å². The van der Waals surface area contributed by atoms with Crippen molar-refractivity contribution in [3.05, 3.63) is 83.7 Å². The second-order valence-corrected chi connectivity index (χ2v) is 5.55. The number of aromatic nitrogens is 1. The smallest absolute Gasteiger partial charge is 0.257 e. The summed E-state index contributed by atoms with van der Waals surface area (Å²) in [5, 5.41) is 14.9. The highest BCUT2D eigenvalue weighted by atomic mass is 16.1. The Kier molecular flexibility index (Phi) is 4.72. The van der Waals surface area contributed by atoms with Crippen LogP contribution in [0.1, 0.15) is 21.5 Å². The molecule has 5 nitrogen and oxygen atoms in total. The number of hydrogen-bond donors (Lipinski definition) is 2. The maximum absolute atomic E-state index is 12.4. The van der Waals surface area contributed by atoms with Crippen LogP contribution in [0.3, 0.4) is 0 Å². The van der Waals surface area contributed by atoms with Crippen LogP contribution in [0.15, 0.2) is 67.0 Å². The first-order valence-electron chi connectivity index (χ1n) is 7.75. The third-order valence-electron chi connectivity index (χ3n) is 3.70. The van der Waals surface area contributed by atoms with Crippen LogP contribution >= 0.6 is 0 Å². The standard InChI is InChI=1S/C20H16N4O/c1-14-4-2-3-5-19(14)24-20(25)16-10-18(13-22-12-16)23-17-8-6-15(11-21)7-9-17/h2-10,12-13,23H,1H3,(H,24,25). The quantitative estimate of drug-likeness (QED) is 0.750. The zero-order chi connectivity index (χ0) is 17.6. The van der Waals surface area contributed by atoms with Crippen LogP contribution in [-0.4, -0.2) is 10.9 Å². The third kappa shape index (κ3) is 4.01. The Morgan fingerprint density at radius 1 is 1.04 bits per heavy atom. The summed E-state index contributed by atoms with van der Waals surface area (Å²) in [6, 6.07) is 18.5. The van der Waals surface area contributed by atoms with Gasteiger partial charge in [-0.3, -0.25) is 9.78 Å². The van der Waals surface area contributed by atoms with E-state index in [1.165, 1.54) is 6.20 Å². The van der Waals surface area contributed by atoms with Gasteiger partial charge in [-0.1, -0.05) is 18.2 Å². The lowest BCUT2D eigenvalue weighted by Crippen LogP contribution is -2.13. The van der Waals surface area contributed by atoms with Crippen molar-refractivity contribution in [2.45, 2.75) is 6.92 Å². The molecule has 1 amide bonds. The van der Waals surface area contributed by atoms with Crippen LogP contribution in [-0.2, 0) is 0 Å². The molecule has 0 atom stereocenters. The van der Waals surface area contributed by atoms with E-state index in [4.69, 9.17) is 5.26 Å². The minimum atomic E-state index is -0.217. The summed E-state index contributed by atoms with van der Waals surface area (Å²) in [6.45, 7) is 1.94. The van der Waals surface area contributed by atoms with Gasteiger partial charge < -0.3 is 10.6 Å². The van der Waals surface area contributed by atoms with Crippen molar-refractivity contribution >= 4 is 23.0 Å². The van der Waals surface area contributed by atoms with Crippen LogP contribution in [0, 0.1) is 18.3 Å². The molecule has 0 aliphatic heterocycles. The molecule has 2 N–H and O–H groups in total. The largest absolute Gasteiger partial charge is 0.354 e. The van der Waals surface area contributed by atoms with Gasteiger partial charge in [-0.15, -0.1) is 0 Å². The Balaban J connectivity index is 1.75. The Morgan fingerprint density at radius 3 is 2.52 bits per heavy atom. The summed E-state index contributed by atoms with van der Waals surface area (Å²) in [5.74, 6) is -0.217. The van der Waals surface area contributed by atoms with Gasteiger partial charge >= 0.3 is 0 Å². The van der Waals surface area contributed by atoms with Crippen LogP contribution < -0.4 is 10.6 Å². The molecule has 122 valence electrons. The van der Waals surface area contributed by atoms with Gasteiger partial charge in [-0.25, -0.2) is 0 Å². The Labute approximate surface area is 146 Å². The number of amides is 1. The topological polar surface area (TPSA) is 77.8 Å². The summed E-state index contributed by atoms with van der Waals surface area (Å²) in [5.41, 5.74) is 4.34. The number of para-hydroxylation sites is 1. The van der Waals surface area contributed by atoms with Crippen molar-refractivity contribution in [2.75, 3.05) is 10.6 Å². The number of anilines is 3. The number of aryl methyl sites for hydroxylation is 1. The fourth-order valence-electron chi connectivity index (χ4n) is 2.33. The van der Waals surface area contributed by atoms with E-state index in [9.17, 15) is 4.79 Å². The molecule has 3 aromatic rings. The van der Waals surface area contributed by atoms with Gasteiger partial charge in [0.2, 0.25) is 0 Å². The Bertz CT molecular complexity index is 942. The van der Waals surface area contributed by atoms with Crippen molar-refractivity contribution in [1.29, 1.82) is 5.26 Å². The molecule has 2 aromatic carbocycles. The predicted molar refractivity (Wildman–Crippen MR) is 97.8 cm³/mol. The first-order chi connectivity index (χ1) is 12.2. The van der Waals surface area contributed by atoms with Gasteiger partial charge in [-0.05, 0) is 48.9 Å². The highest BCUT2D eigenvalue weighted by Gasteiger charge is 2.09. The number of benzene rings is 2. The van der Waals surface area contributed by atoms with Gasteiger partial charge in [0.15, 0.2) is 0 Å². The zero-order valence-corrected chi connectivity index (χ0v) is 13.7. The molecular formula is C20H16N4O. The van der Waals surface area contributed by atoms with Gasteiger partial charge in [-0.2, -0.15) is 5.26 Å². The predicted octanol–water partition coefficient (Wildman–Crippen LogP) is 4.26. The molecule has 0 radical (unpaired) electrons. The first-order valence-corrected chi connectivity index (χ1v) is 7.75. The molecule has 0 unspecified atom stereocenters. The molecule has 25 heavy (non-hydrogen) atoms. The van der Waals surface area contributed by atoms with Crippen molar-refractivity contribution in [1.82, 2.24) is 4.98 Å². The zero-order valence-electron chi connectivity index (χ0n) is 13.7. The van der Waals surface area contributed by atoms with Crippen LogP contribution in [0.2, 0.25) is 0 Å². The fourth-order valence-corrected chi connectivity index (χ4v) is 2.33. The SMILES string of the molecule is Cc1ccccc1NC(=O)c1cncc(Nc2ccc(C#N)cc2)c1. The van der Waals surface area contributed by atoms with Crippen LogP contribution in [0.25, 0.3) is 0 Å². The van der Waals surface area contributed by atoms with Crippen molar-refractivity contribution < 1.29 is 4.79 Å². The number of nitrogens with zero attached hydrogens (tertiary/aromatic N) is 2. The lowest BCUT2D eigenvalue weighted by Gasteiger charge is -2.10. The molecule has 0 fully saturated rings. The van der Waals surface area contributed by atoms with Gasteiger partial charge in [0.1, 0.15) is 0 Å². The lowest BCUT2D eigenvalue weighted by molar-refractivity contribution is 0.102. The lowest BCUT2D eigenvalue weighted by atomic mass is 10.2. The summed E-state index contributed by atoms with van der Waals surface area (Å²) in [4.78, 5) is 16.6. The maximum atomic E-state index is 12.4. The number of nitrogens with one attached hydrogen (secondary N) is 2. The van der Waals surface area contributed by atoms with E-state index in [-0.39, 0.29) is 5.91 Å². The van der Waals surface area contributed by atoms with E-state index in [1.807, 2.05) is 31.2 Å². The van der Waals surface area contributed by atoms with E-state index < -0.39 is 0 Å². The monoisotopic (exact) mass is 328 g/mol. The summed E-state index contributed by atoms with van der Waals surface area (Å²) in [6.07, 6.45) is 3.17. The Hall–Kier alpha value is -3.65. The fraction of sp³-hybridized carbons (Fsp3) is 0.0500. The minimum absolute atomic E-state index is 0.217. The summed E-state index contributed by atoms with van der Waals surface area (Å²) in [7, 11) is 0. The van der Waals surface area contributed by atoms with Crippen molar-refractivity contribution in [3.63, 3.8) is 0 Å². The number of pyridine rings is 1. The van der Waals surface area contributed by atoms with Gasteiger partial charge in [0.25, 0.3) is 5.91 Å². The van der Waals surface area contributed by atoms with Crippen LogP contribution in [0.4, 0.5) is 17.1 Å². The molecule has 1 aromatic heterocycles. The average Bonchev–Trinajstić information content (AvgIpc) is 2.64. The van der Waals surface area contributed by atoms with Crippen molar-refractivity contribution in [2.24, 2.45) is 0 Å². The highest BCUT2D eigenvalue weighted by molar-refractivity contribution is 6.05. The summed E-state index contributed by atoms with van der Waals surface area (Å²) < 4.78 is 0. The maximum Gasteiger partial charge on any atom is 0.257 e. The van der Waals surface area contributed by atoms with Gasteiger partial charge in [0, 0.05) is 17.6 Å². The molecule has 0 spiro atoms. The van der Waals surface area contributed by atoms with E-state index in [1.54, 1.807) is 36.5 Å². The molecule has 1 heterocycles. The number of carbonyl (C=O) groups is 1. The molecule has 0 saturated heterocycles. The molecule has 0 bridgehead atoms. The highest BCUT2D eigenvalue weighted by Crippen LogP contribution is 2.19. The first kappa shape index (κ1) is 16.2. The normalized spacial score (nSPS) is 9.92. The number of nitriles is 1. The van der Waals surface area contributed by atoms with Crippen LogP contribution in [0.5, 0.6) is 0 Å². The molecule has 0 aliphatic rings. The molecular weight excluding hydrogens is 312 g/mol. The number of rotatable bonds is 4. The average molecular weight is 328 g/mol. The number of hydrogen-bond acceptors (Lipinski definition) is 4. The second kappa shape index (κ2) is 7.28. The molecule has 3 rings (SSSR count). The van der Waals surface area contributed by atoms with Gasteiger partial charge in [0.05, 0.1) is 29.1 Å². The molecule has 0 saturated carbocycles. The minimum Gasteiger partial charge on any atom is -0.354 e. The van der Waals surface area contributed by atoms with E-state index in [0.29, 0.717) is 16.8 Å². The Morgan fingerprint density at radius 2 is 1.80 bits per heavy atom. The molecule has 0 aliphatic carbocycles. The summed E-state index contributed by atoms with van der Waals surface area (Å²) >= 11 is 0. The third-order valence-corrected chi connectivity index (χ3v) is 3.70.